The molecule has 3 atom stereocenters. The van der Waals surface area contributed by atoms with Gasteiger partial charge in [-0.3, -0.25) is 19.3 Å². The minimum Gasteiger partial charge on any atom is -0.344 e. The Morgan fingerprint density at radius 2 is 1.64 bits per heavy atom. The lowest BCUT2D eigenvalue weighted by Gasteiger charge is -2.44. The third kappa shape index (κ3) is 7.82. The van der Waals surface area contributed by atoms with Crippen molar-refractivity contribution in [2.45, 2.75) is 83.5 Å². The topological polar surface area (TPSA) is 85.0 Å². The number of carbonyl (C=O) groups is 3. The highest BCUT2D eigenvalue weighted by atomic mass is 35.5. The molecule has 0 radical (unpaired) electrons. The van der Waals surface area contributed by atoms with Crippen LogP contribution in [0, 0.1) is 5.92 Å². The number of benzene rings is 2. The molecule has 8 nitrogen and oxygen atoms in total. The first kappa shape index (κ1) is 32.5. The molecular formula is C35H48ClN5O3. The molecule has 1 aliphatic carbocycles. The zero-order chi connectivity index (χ0) is 31.1. The lowest BCUT2D eigenvalue weighted by atomic mass is 9.82. The van der Waals surface area contributed by atoms with E-state index in [4.69, 9.17) is 11.6 Å². The van der Waals surface area contributed by atoms with Crippen LogP contribution in [-0.2, 0) is 27.3 Å². The number of amides is 3. The molecule has 2 fully saturated rings. The largest absolute Gasteiger partial charge is 0.344 e. The highest BCUT2D eigenvalue weighted by molar-refractivity contribution is 6.30. The Kier molecular flexibility index (Phi) is 11.3. The highest BCUT2D eigenvalue weighted by Gasteiger charge is 2.39. The molecule has 3 amide bonds. The first-order valence-corrected chi connectivity index (χ1v) is 16.9. The molecule has 2 aliphatic heterocycles. The SMILES string of the molecule is CCN(CC)C(=O)[C@H](C1CCCCC1)N1CCN(C(=O)[C@@H](Cc2ccc(Cl)cc2)NC(=O)CC2NCc3ccccc32)CC1. The van der Waals surface area contributed by atoms with E-state index in [-0.39, 0.29) is 36.2 Å². The summed E-state index contributed by atoms with van der Waals surface area (Å²) in [5.74, 6) is 0.381. The number of nitrogens with zero attached hydrogens (tertiary/aromatic N) is 3. The molecule has 0 aromatic heterocycles. The van der Waals surface area contributed by atoms with Crippen LogP contribution in [0.4, 0.5) is 0 Å². The van der Waals surface area contributed by atoms with Crippen molar-refractivity contribution in [3.63, 3.8) is 0 Å². The van der Waals surface area contributed by atoms with E-state index in [0.29, 0.717) is 56.6 Å². The van der Waals surface area contributed by atoms with Crippen LogP contribution >= 0.6 is 11.6 Å². The molecular weight excluding hydrogens is 574 g/mol. The van der Waals surface area contributed by atoms with Crippen LogP contribution < -0.4 is 10.6 Å². The molecule has 3 aliphatic rings. The van der Waals surface area contributed by atoms with Gasteiger partial charge in [0.05, 0.1) is 6.04 Å². The number of rotatable bonds is 11. The van der Waals surface area contributed by atoms with E-state index in [1.165, 1.54) is 24.8 Å². The fourth-order valence-electron chi connectivity index (χ4n) is 7.32. The van der Waals surface area contributed by atoms with Crippen LogP contribution in [-0.4, -0.2) is 83.8 Å². The molecule has 2 aromatic rings. The number of carbonyl (C=O) groups excluding carboxylic acids is 3. The second-order valence-corrected chi connectivity index (χ2v) is 12.9. The van der Waals surface area contributed by atoms with Gasteiger partial charge in [0, 0.05) is 69.7 Å². The van der Waals surface area contributed by atoms with Crippen molar-refractivity contribution >= 4 is 29.3 Å². The number of hydrogen-bond acceptors (Lipinski definition) is 5. The lowest BCUT2D eigenvalue weighted by molar-refractivity contribution is -0.143. The van der Waals surface area contributed by atoms with Crippen molar-refractivity contribution < 1.29 is 14.4 Å². The Hall–Kier alpha value is -2.94. The second-order valence-electron chi connectivity index (χ2n) is 12.5. The van der Waals surface area contributed by atoms with Gasteiger partial charge < -0.3 is 20.4 Å². The van der Waals surface area contributed by atoms with Crippen molar-refractivity contribution in [1.29, 1.82) is 0 Å². The summed E-state index contributed by atoms with van der Waals surface area (Å²) in [7, 11) is 0. The molecule has 0 spiro atoms. The molecule has 1 unspecified atom stereocenters. The molecule has 44 heavy (non-hydrogen) atoms. The average molecular weight is 622 g/mol. The smallest absolute Gasteiger partial charge is 0.245 e. The number of likely N-dealkylation sites (N-methyl/N-ethyl adjacent to an activating group) is 1. The van der Waals surface area contributed by atoms with E-state index < -0.39 is 6.04 Å². The van der Waals surface area contributed by atoms with Gasteiger partial charge in [0.15, 0.2) is 0 Å². The summed E-state index contributed by atoms with van der Waals surface area (Å²) in [6.45, 7) is 8.66. The van der Waals surface area contributed by atoms with Gasteiger partial charge in [-0.1, -0.05) is 67.3 Å². The molecule has 1 saturated carbocycles. The maximum absolute atomic E-state index is 14.0. The first-order chi connectivity index (χ1) is 21.4. The summed E-state index contributed by atoms with van der Waals surface area (Å²) in [6, 6.07) is 14.7. The number of halogens is 1. The van der Waals surface area contributed by atoms with Crippen molar-refractivity contribution in [2.24, 2.45) is 5.92 Å². The summed E-state index contributed by atoms with van der Waals surface area (Å²) in [4.78, 5) is 47.3. The molecule has 1 saturated heterocycles. The summed E-state index contributed by atoms with van der Waals surface area (Å²) < 4.78 is 0. The number of piperazine rings is 1. The Labute approximate surface area is 267 Å². The third-order valence-electron chi connectivity index (χ3n) is 9.79. The maximum Gasteiger partial charge on any atom is 0.245 e. The molecule has 9 heteroatoms. The van der Waals surface area contributed by atoms with E-state index >= 15 is 0 Å². The summed E-state index contributed by atoms with van der Waals surface area (Å²) in [6.07, 6.45) is 6.44. The first-order valence-electron chi connectivity index (χ1n) is 16.5. The Morgan fingerprint density at radius 1 is 0.955 bits per heavy atom. The summed E-state index contributed by atoms with van der Waals surface area (Å²) in [5, 5.41) is 7.16. The third-order valence-corrected chi connectivity index (χ3v) is 10.0. The highest BCUT2D eigenvalue weighted by Crippen LogP contribution is 2.31. The molecule has 5 rings (SSSR count). The Morgan fingerprint density at radius 3 is 2.32 bits per heavy atom. The minimum atomic E-state index is -0.682. The predicted octanol–water partition coefficient (Wildman–Crippen LogP) is 4.56. The zero-order valence-corrected chi connectivity index (χ0v) is 27.0. The average Bonchev–Trinajstić information content (AvgIpc) is 3.45. The number of nitrogens with one attached hydrogen (secondary N) is 2. The molecule has 2 N–H and O–H groups in total. The van der Waals surface area contributed by atoms with E-state index in [1.54, 1.807) is 0 Å². The van der Waals surface area contributed by atoms with Gasteiger partial charge in [-0.15, -0.1) is 0 Å². The van der Waals surface area contributed by atoms with Crippen LogP contribution in [0.1, 0.15) is 75.1 Å². The van der Waals surface area contributed by atoms with Gasteiger partial charge >= 0.3 is 0 Å². The normalized spacial score (nSPS) is 20.5. The fourth-order valence-corrected chi connectivity index (χ4v) is 7.45. The van der Waals surface area contributed by atoms with Gasteiger partial charge in [0.1, 0.15) is 6.04 Å². The van der Waals surface area contributed by atoms with Crippen LogP contribution in [0.2, 0.25) is 5.02 Å². The Balaban J connectivity index is 1.26. The Bertz CT molecular complexity index is 1270. The van der Waals surface area contributed by atoms with Gasteiger partial charge in [-0.2, -0.15) is 0 Å². The van der Waals surface area contributed by atoms with Gasteiger partial charge in [0.25, 0.3) is 0 Å². The van der Waals surface area contributed by atoms with Crippen LogP contribution in [0.3, 0.4) is 0 Å². The fraction of sp³-hybridized carbons (Fsp3) is 0.571. The second kappa shape index (κ2) is 15.4. The molecule has 238 valence electrons. The maximum atomic E-state index is 14.0. The minimum absolute atomic E-state index is 0.0684. The van der Waals surface area contributed by atoms with Gasteiger partial charge in [-0.25, -0.2) is 0 Å². The van der Waals surface area contributed by atoms with Crippen molar-refractivity contribution in [3.05, 3.63) is 70.2 Å². The molecule has 2 aromatic carbocycles. The van der Waals surface area contributed by atoms with Crippen LogP contribution in [0.15, 0.2) is 48.5 Å². The molecule has 0 bridgehead atoms. The van der Waals surface area contributed by atoms with E-state index in [0.717, 1.165) is 30.5 Å². The van der Waals surface area contributed by atoms with Crippen molar-refractivity contribution in [2.75, 3.05) is 39.3 Å². The number of hydrogen-bond donors (Lipinski definition) is 2. The zero-order valence-electron chi connectivity index (χ0n) is 26.3. The predicted molar refractivity (Wildman–Crippen MR) is 174 cm³/mol. The van der Waals surface area contributed by atoms with E-state index in [1.807, 2.05) is 60.0 Å². The van der Waals surface area contributed by atoms with E-state index in [2.05, 4.69) is 27.7 Å². The monoisotopic (exact) mass is 621 g/mol. The quantitative estimate of drug-likeness (QED) is 0.384. The van der Waals surface area contributed by atoms with E-state index in [9.17, 15) is 14.4 Å². The van der Waals surface area contributed by atoms with Gasteiger partial charge in [0.2, 0.25) is 17.7 Å². The lowest BCUT2D eigenvalue weighted by Crippen LogP contribution is -2.61. The summed E-state index contributed by atoms with van der Waals surface area (Å²) in [5.41, 5.74) is 3.30. The van der Waals surface area contributed by atoms with Crippen molar-refractivity contribution in [3.8, 4) is 0 Å². The van der Waals surface area contributed by atoms with Crippen LogP contribution in [0.25, 0.3) is 0 Å². The van der Waals surface area contributed by atoms with Crippen LogP contribution in [0.5, 0.6) is 0 Å². The number of fused-ring (bicyclic) bond motifs is 1. The van der Waals surface area contributed by atoms with Crippen molar-refractivity contribution in [1.82, 2.24) is 25.3 Å². The standard InChI is InChI=1S/C35H48ClN5O3/c1-3-39(4-2)35(44)33(26-10-6-5-7-11-26)40-18-20-41(21-19-40)34(43)31(22-25-14-16-28(36)17-15-25)38-32(42)23-30-29-13-9-8-12-27(29)24-37-30/h8-9,12-17,26,30-31,33,37H,3-7,10-11,18-24H2,1-2H3,(H,38,42)/t30?,31-,33+/m1/s1. The molecule has 2 heterocycles. The summed E-state index contributed by atoms with van der Waals surface area (Å²) >= 11 is 6.13. The van der Waals surface area contributed by atoms with Gasteiger partial charge in [-0.05, 0) is 61.4 Å².